The summed E-state index contributed by atoms with van der Waals surface area (Å²) in [4.78, 5) is 0. The van der Waals surface area contributed by atoms with Crippen LogP contribution in [0.25, 0.3) is 11.4 Å². The Morgan fingerprint density at radius 2 is 0.833 bits per heavy atom. The topological polar surface area (TPSA) is 17.6 Å². The molecule has 0 atom stereocenters. The third kappa shape index (κ3) is 5.33. The summed E-state index contributed by atoms with van der Waals surface area (Å²) >= 11 is 0. The zero-order valence-electron chi connectivity index (χ0n) is 23.4. The van der Waals surface area contributed by atoms with Crippen molar-refractivity contribution in [1.29, 1.82) is 0 Å². The van der Waals surface area contributed by atoms with Gasteiger partial charge in [-0.3, -0.25) is 0 Å². The van der Waals surface area contributed by atoms with Crippen LogP contribution in [0, 0.1) is 0 Å². The number of hydrogen-bond acceptors (Lipinski definition) is 0. The first-order valence-corrected chi connectivity index (χ1v) is 13.6. The standard InChI is InChI=1S/C32H44N4/c1-23(2)27-11-9-12-28(24(3)4)31(27)35-19-17-33(21-35)15-16-34-18-20-36(22-34)32-29(25(5)6)13-10-14-30(32)26(7)8/h9-14,17-26H,15-16H2,1-8H3/q+2. The quantitative estimate of drug-likeness (QED) is 0.227. The fourth-order valence-electron chi connectivity index (χ4n) is 5.17. The third-order valence-electron chi connectivity index (χ3n) is 7.20. The Hall–Kier alpha value is -3.14. The number of nitrogens with zero attached hydrogens (tertiary/aromatic N) is 4. The number of aryl methyl sites for hydroxylation is 2. The van der Waals surface area contributed by atoms with Gasteiger partial charge in [0, 0.05) is 22.3 Å². The van der Waals surface area contributed by atoms with Crippen molar-refractivity contribution in [3.63, 3.8) is 0 Å². The molecule has 2 heterocycles. The maximum Gasteiger partial charge on any atom is 0.249 e. The number of aromatic nitrogens is 4. The molecule has 0 spiro atoms. The van der Waals surface area contributed by atoms with Gasteiger partial charge in [0.1, 0.15) is 49.3 Å². The highest BCUT2D eigenvalue weighted by atomic mass is 15.2. The molecule has 0 unspecified atom stereocenters. The lowest BCUT2D eigenvalue weighted by atomic mass is 9.92. The molecule has 0 saturated heterocycles. The van der Waals surface area contributed by atoms with Gasteiger partial charge in [-0.2, -0.15) is 0 Å². The van der Waals surface area contributed by atoms with Crippen LogP contribution >= 0.6 is 0 Å². The molecule has 190 valence electrons. The Kier molecular flexibility index (Phi) is 7.82. The van der Waals surface area contributed by atoms with Gasteiger partial charge in [0.05, 0.1) is 0 Å². The number of hydrogen-bond donors (Lipinski definition) is 0. The summed E-state index contributed by atoms with van der Waals surface area (Å²) in [5, 5.41) is 0. The van der Waals surface area contributed by atoms with Crippen molar-refractivity contribution >= 4 is 0 Å². The lowest BCUT2D eigenvalue weighted by molar-refractivity contribution is -0.777. The average Bonchev–Trinajstić information content (AvgIpc) is 3.51. The van der Waals surface area contributed by atoms with Gasteiger partial charge in [-0.05, 0) is 23.7 Å². The first kappa shape index (κ1) is 25.9. The summed E-state index contributed by atoms with van der Waals surface area (Å²) in [5.41, 5.74) is 8.29. The molecule has 4 nitrogen and oxygen atoms in total. The van der Waals surface area contributed by atoms with Crippen molar-refractivity contribution in [2.24, 2.45) is 0 Å². The van der Waals surface area contributed by atoms with Crippen LogP contribution in [0.3, 0.4) is 0 Å². The van der Waals surface area contributed by atoms with Crippen LogP contribution in [-0.4, -0.2) is 9.13 Å². The molecule has 0 aliphatic rings. The number of benzene rings is 2. The summed E-state index contributed by atoms with van der Waals surface area (Å²) in [6.45, 7) is 20.1. The molecule has 0 bridgehead atoms. The largest absolute Gasteiger partial charge is 0.249 e. The van der Waals surface area contributed by atoms with E-state index in [1.54, 1.807) is 0 Å². The molecule has 2 aromatic carbocycles. The molecule has 0 radical (unpaired) electrons. The molecule has 2 aromatic heterocycles. The second-order valence-corrected chi connectivity index (χ2v) is 11.3. The second kappa shape index (κ2) is 10.9. The Balaban J connectivity index is 1.57. The molecule has 0 N–H and O–H groups in total. The normalized spacial score (nSPS) is 12.0. The summed E-state index contributed by atoms with van der Waals surface area (Å²) in [5.74, 6) is 1.92. The smallest absolute Gasteiger partial charge is 0.232 e. The second-order valence-electron chi connectivity index (χ2n) is 11.3. The maximum atomic E-state index is 2.31. The van der Waals surface area contributed by atoms with Crippen LogP contribution in [0.2, 0.25) is 0 Å². The summed E-state index contributed by atoms with van der Waals surface area (Å²) in [7, 11) is 0. The van der Waals surface area contributed by atoms with Crippen LogP contribution in [0.15, 0.2) is 73.8 Å². The van der Waals surface area contributed by atoms with E-state index in [0.29, 0.717) is 23.7 Å². The minimum absolute atomic E-state index is 0.481. The molecule has 36 heavy (non-hydrogen) atoms. The van der Waals surface area contributed by atoms with Gasteiger partial charge in [-0.15, -0.1) is 0 Å². The zero-order chi connectivity index (χ0) is 26.0. The lowest BCUT2D eigenvalue weighted by Crippen LogP contribution is -2.42. The monoisotopic (exact) mass is 484 g/mol. The molecular weight excluding hydrogens is 440 g/mol. The van der Waals surface area contributed by atoms with Crippen LogP contribution in [0.5, 0.6) is 0 Å². The van der Waals surface area contributed by atoms with Crippen molar-refractivity contribution in [2.75, 3.05) is 0 Å². The third-order valence-corrected chi connectivity index (χ3v) is 7.20. The molecule has 4 aromatic rings. The lowest BCUT2D eigenvalue weighted by Gasteiger charge is -2.16. The molecule has 4 heteroatoms. The molecule has 0 aliphatic carbocycles. The predicted molar refractivity (Wildman–Crippen MR) is 148 cm³/mol. The van der Waals surface area contributed by atoms with E-state index >= 15 is 0 Å². The van der Waals surface area contributed by atoms with Gasteiger partial charge in [0.2, 0.25) is 12.7 Å². The van der Waals surface area contributed by atoms with Crippen LogP contribution < -0.4 is 9.13 Å². The van der Waals surface area contributed by atoms with Crippen LogP contribution in [0.4, 0.5) is 0 Å². The molecular formula is C32H44N4+2. The van der Waals surface area contributed by atoms with Crippen molar-refractivity contribution in [3.8, 4) is 11.4 Å². The van der Waals surface area contributed by atoms with E-state index in [1.807, 2.05) is 0 Å². The minimum Gasteiger partial charge on any atom is -0.232 e. The highest BCUT2D eigenvalue weighted by Crippen LogP contribution is 2.31. The van der Waals surface area contributed by atoms with E-state index in [0.717, 1.165) is 13.1 Å². The van der Waals surface area contributed by atoms with Crippen LogP contribution in [0.1, 0.15) is 101 Å². The van der Waals surface area contributed by atoms with E-state index in [4.69, 9.17) is 0 Å². The Morgan fingerprint density at radius 1 is 0.528 bits per heavy atom. The summed E-state index contributed by atoms with van der Waals surface area (Å²) in [6.07, 6.45) is 13.3. The Morgan fingerprint density at radius 3 is 1.11 bits per heavy atom. The molecule has 4 rings (SSSR count). The zero-order valence-corrected chi connectivity index (χ0v) is 23.4. The van der Waals surface area contributed by atoms with Crippen LogP contribution in [-0.2, 0) is 13.1 Å². The van der Waals surface area contributed by atoms with Gasteiger partial charge in [-0.25, -0.2) is 18.3 Å². The van der Waals surface area contributed by atoms with Gasteiger partial charge >= 0.3 is 0 Å². The average molecular weight is 485 g/mol. The SMILES string of the molecule is CC(C)c1cccc(C(C)C)c1-n1cc[n+](CC[n+]2ccn(-c3c(C(C)C)cccc3C(C)C)c2)c1. The summed E-state index contributed by atoms with van der Waals surface area (Å²) < 4.78 is 9.23. The molecule has 0 amide bonds. The first-order valence-electron chi connectivity index (χ1n) is 13.6. The van der Waals surface area contributed by atoms with Crippen molar-refractivity contribution in [2.45, 2.75) is 92.2 Å². The van der Waals surface area contributed by atoms with Crippen molar-refractivity contribution in [1.82, 2.24) is 9.13 Å². The Bertz CT molecular complexity index is 1150. The van der Waals surface area contributed by atoms with E-state index in [-0.39, 0.29) is 0 Å². The predicted octanol–water partition coefficient (Wildman–Crippen LogP) is 7.04. The van der Waals surface area contributed by atoms with E-state index in [9.17, 15) is 0 Å². The Labute approximate surface area is 217 Å². The maximum absolute atomic E-state index is 2.31. The van der Waals surface area contributed by atoms with Gasteiger partial charge in [0.15, 0.2) is 0 Å². The van der Waals surface area contributed by atoms with E-state index in [1.165, 1.54) is 33.6 Å². The van der Waals surface area contributed by atoms with Gasteiger partial charge in [0.25, 0.3) is 0 Å². The number of imidazole rings is 2. The molecule has 0 aliphatic heterocycles. The fraction of sp³-hybridized carbons (Fsp3) is 0.438. The van der Waals surface area contributed by atoms with Crippen molar-refractivity contribution < 1.29 is 9.13 Å². The first-order chi connectivity index (χ1) is 17.2. The highest BCUT2D eigenvalue weighted by Gasteiger charge is 2.22. The highest BCUT2D eigenvalue weighted by molar-refractivity contribution is 5.51. The van der Waals surface area contributed by atoms with Gasteiger partial charge < -0.3 is 0 Å². The van der Waals surface area contributed by atoms with E-state index < -0.39 is 0 Å². The molecule has 0 saturated carbocycles. The molecule has 0 fully saturated rings. The van der Waals surface area contributed by atoms with Gasteiger partial charge in [-0.1, -0.05) is 91.8 Å². The minimum atomic E-state index is 0.481. The number of rotatable bonds is 9. The number of para-hydroxylation sites is 2. The van der Waals surface area contributed by atoms with E-state index in [2.05, 4.69) is 147 Å². The fourth-order valence-corrected chi connectivity index (χ4v) is 5.17. The summed E-state index contributed by atoms with van der Waals surface area (Å²) in [6, 6.07) is 13.5. The van der Waals surface area contributed by atoms with Crippen molar-refractivity contribution in [3.05, 3.63) is 96.1 Å².